The molecule has 5 heteroatoms. The summed E-state index contributed by atoms with van der Waals surface area (Å²) in [5.41, 5.74) is 2.11. The van der Waals surface area contributed by atoms with E-state index in [2.05, 4.69) is 16.7 Å². The van der Waals surface area contributed by atoms with Crippen LogP contribution in [0.2, 0.25) is 0 Å². The number of hydrogen-bond acceptors (Lipinski definition) is 3. The van der Waals surface area contributed by atoms with Crippen molar-refractivity contribution >= 4 is 11.4 Å². The smallest absolute Gasteiger partial charge is 0.251 e. The summed E-state index contributed by atoms with van der Waals surface area (Å²) in [4.78, 5) is 12.4. The molecule has 0 radical (unpaired) electrons. The van der Waals surface area contributed by atoms with Gasteiger partial charge in [-0.1, -0.05) is 0 Å². The molecule has 2 aliphatic rings. The second-order valence-corrected chi connectivity index (χ2v) is 5.95. The maximum absolute atomic E-state index is 12.4. The van der Waals surface area contributed by atoms with Crippen molar-refractivity contribution in [2.45, 2.75) is 37.4 Å². The molecule has 0 aromatic carbocycles. The van der Waals surface area contributed by atoms with E-state index < -0.39 is 0 Å². The van der Waals surface area contributed by atoms with Gasteiger partial charge in [0.1, 0.15) is 6.07 Å². The Morgan fingerprint density at radius 2 is 2.33 bits per heavy atom. The molecule has 3 atom stereocenters. The van der Waals surface area contributed by atoms with Gasteiger partial charge in [0.25, 0.3) is 5.91 Å². The van der Waals surface area contributed by atoms with Crippen LogP contribution in [0.15, 0.2) is 30.6 Å². The number of carbonyl (C=O) groups excluding carboxylic acids is 1. The molecule has 2 aromatic rings. The van der Waals surface area contributed by atoms with Gasteiger partial charge < -0.3 is 15.0 Å². The Morgan fingerprint density at radius 1 is 1.43 bits per heavy atom. The number of nitriles is 1. The molecule has 2 aliphatic heterocycles. The Kier molecular flexibility index (Phi) is 2.72. The maximum Gasteiger partial charge on any atom is 0.251 e. The second-order valence-electron chi connectivity index (χ2n) is 5.95. The molecule has 4 rings (SSSR count). The highest BCUT2D eigenvalue weighted by Gasteiger charge is 2.39. The first-order valence-electron chi connectivity index (χ1n) is 7.32. The monoisotopic (exact) mass is 280 g/mol. The van der Waals surface area contributed by atoms with Crippen molar-refractivity contribution in [3.63, 3.8) is 0 Å². The quantitative estimate of drug-likeness (QED) is 0.874. The zero-order chi connectivity index (χ0) is 14.4. The van der Waals surface area contributed by atoms with Gasteiger partial charge in [-0.05, 0) is 37.5 Å². The fourth-order valence-corrected chi connectivity index (χ4v) is 3.55. The number of aromatic nitrogens is 1. The van der Waals surface area contributed by atoms with Crippen LogP contribution in [0.1, 0.15) is 35.2 Å². The highest BCUT2D eigenvalue weighted by Crippen LogP contribution is 2.28. The van der Waals surface area contributed by atoms with E-state index in [1.807, 2.05) is 16.7 Å². The van der Waals surface area contributed by atoms with Gasteiger partial charge in [0.15, 0.2) is 0 Å². The molecule has 0 aliphatic carbocycles. The van der Waals surface area contributed by atoms with Crippen LogP contribution in [-0.2, 0) is 0 Å². The molecule has 0 saturated carbocycles. The van der Waals surface area contributed by atoms with Crippen LogP contribution in [0.3, 0.4) is 0 Å². The number of fused-ring (bicyclic) bond motifs is 3. The summed E-state index contributed by atoms with van der Waals surface area (Å²) in [6.07, 6.45) is 6.99. The second kappa shape index (κ2) is 4.61. The summed E-state index contributed by atoms with van der Waals surface area (Å²) in [7, 11) is 0. The minimum Gasteiger partial charge on any atom is -0.348 e. The summed E-state index contributed by atoms with van der Waals surface area (Å²) in [6.45, 7) is 0. The summed E-state index contributed by atoms with van der Waals surface area (Å²) in [5.74, 6) is -0.0310. The van der Waals surface area contributed by atoms with Gasteiger partial charge in [0, 0.05) is 41.6 Å². The van der Waals surface area contributed by atoms with E-state index in [-0.39, 0.29) is 11.9 Å². The van der Waals surface area contributed by atoms with Gasteiger partial charge in [-0.15, -0.1) is 0 Å². The van der Waals surface area contributed by atoms with Crippen LogP contribution in [0.4, 0.5) is 0 Å². The lowest BCUT2D eigenvalue weighted by Crippen LogP contribution is -2.42. The predicted octanol–water partition coefficient (Wildman–Crippen LogP) is 1.43. The van der Waals surface area contributed by atoms with Crippen molar-refractivity contribution in [3.8, 4) is 6.07 Å². The molecule has 0 spiro atoms. The standard InChI is InChI=1S/C16H16N4O/c17-8-10-5-13-6-11(3-4-20(13)9-10)16(21)19-15-7-12-1-2-14(15)18-12/h3-6,9,12,14-15,18H,1-2,7H2,(H,19,21)/t12-,14+,15-/m1/s1. The summed E-state index contributed by atoms with van der Waals surface area (Å²) < 4.78 is 1.86. The van der Waals surface area contributed by atoms with Crippen molar-refractivity contribution in [1.82, 2.24) is 15.0 Å². The lowest BCUT2D eigenvalue weighted by molar-refractivity contribution is 0.0931. The van der Waals surface area contributed by atoms with Crippen LogP contribution < -0.4 is 10.6 Å². The van der Waals surface area contributed by atoms with E-state index >= 15 is 0 Å². The third kappa shape index (κ3) is 2.08. The number of rotatable bonds is 2. The molecule has 106 valence electrons. The minimum atomic E-state index is -0.0310. The molecule has 2 N–H and O–H groups in total. The van der Waals surface area contributed by atoms with Crippen molar-refractivity contribution in [3.05, 3.63) is 41.7 Å². The lowest BCUT2D eigenvalue weighted by Gasteiger charge is -2.21. The third-order valence-electron chi connectivity index (χ3n) is 4.61. The van der Waals surface area contributed by atoms with E-state index in [1.165, 1.54) is 6.42 Å². The van der Waals surface area contributed by atoms with Gasteiger partial charge in [0.2, 0.25) is 0 Å². The van der Waals surface area contributed by atoms with Crippen LogP contribution in [0.5, 0.6) is 0 Å². The van der Waals surface area contributed by atoms with Gasteiger partial charge in [-0.2, -0.15) is 5.26 Å². The zero-order valence-corrected chi connectivity index (χ0v) is 11.5. The fraction of sp³-hybridized carbons (Fsp3) is 0.375. The van der Waals surface area contributed by atoms with E-state index in [4.69, 9.17) is 5.26 Å². The van der Waals surface area contributed by atoms with E-state index in [0.717, 1.165) is 18.4 Å². The van der Waals surface area contributed by atoms with Gasteiger partial charge in [-0.3, -0.25) is 4.79 Å². The van der Waals surface area contributed by atoms with Crippen molar-refractivity contribution < 1.29 is 4.79 Å². The molecular weight excluding hydrogens is 264 g/mol. The van der Waals surface area contributed by atoms with Gasteiger partial charge in [-0.25, -0.2) is 0 Å². The molecule has 2 saturated heterocycles. The number of nitrogens with zero attached hydrogens (tertiary/aromatic N) is 2. The molecule has 2 fully saturated rings. The van der Waals surface area contributed by atoms with Crippen molar-refractivity contribution in [2.24, 2.45) is 0 Å². The average Bonchev–Trinajstić information content (AvgIpc) is 3.20. The first-order chi connectivity index (χ1) is 10.2. The molecule has 5 nitrogen and oxygen atoms in total. The molecule has 1 amide bonds. The molecule has 4 heterocycles. The van der Waals surface area contributed by atoms with Crippen LogP contribution in [0, 0.1) is 11.3 Å². The highest BCUT2D eigenvalue weighted by atomic mass is 16.1. The molecule has 2 bridgehead atoms. The summed E-state index contributed by atoms with van der Waals surface area (Å²) >= 11 is 0. The minimum absolute atomic E-state index is 0.0310. The molecule has 21 heavy (non-hydrogen) atoms. The molecular formula is C16H16N4O. The first kappa shape index (κ1) is 12.4. The summed E-state index contributed by atoms with van der Waals surface area (Å²) in [5, 5.41) is 15.6. The van der Waals surface area contributed by atoms with Crippen molar-refractivity contribution in [1.29, 1.82) is 5.26 Å². The summed E-state index contributed by atoms with van der Waals surface area (Å²) in [6, 6.07) is 8.78. The Morgan fingerprint density at radius 3 is 3.05 bits per heavy atom. The Hall–Kier alpha value is -2.32. The number of carbonyl (C=O) groups is 1. The van der Waals surface area contributed by atoms with Crippen LogP contribution in [0.25, 0.3) is 5.52 Å². The highest BCUT2D eigenvalue weighted by molar-refractivity contribution is 5.95. The topological polar surface area (TPSA) is 69.3 Å². The van der Waals surface area contributed by atoms with E-state index in [9.17, 15) is 4.79 Å². The maximum atomic E-state index is 12.4. The van der Waals surface area contributed by atoms with E-state index in [1.54, 1.807) is 18.3 Å². The van der Waals surface area contributed by atoms with Gasteiger partial charge >= 0.3 is 0 Å². The Labute approximate surface area is 122 Å². The van der Waals surface area contributed by atoms with Crippen LogP contribution in [-0.4, -0.2) is 28.4 Å². The number of nitrogens with one attached hydrogen (secondary N) is 2. The zero-order valence-electron chi connectivity index (χ0n) is 11.5. The fourth-order valence-electron chi connectivity index (χ4n) is 3.55. The van der Waals surface area contributed by atoms with E-state index in [0.29, 0.717) is 23.2 Å². The van der Waals surface area contributed by atoms with Crippen molar-refractivity contribution in [2.75, 3.05) is 0 Å². The SMILES string of the molecule is N#Cc1cc2cc(C(=O)N[C@@H]3C[C@H]4CC[C@@H]3N4)ccn2c1. The predicted molar refractivity (Wildman–Crippen MR) is 77.9 cm³/mol. The Bertz CT molecular complexity index is 757. The number of hydrogen-bond donors (Lipinski definition) is 2. The number of amides is 1. The lowest BCUT2D eigenvalue weighted by atomic mass is 9.95. The average molecular weight is 280 g/mol. The van der Waals surface area contributed by atoms with Crippen LogP contribution >= 0.6 is 0 Å². The largest absolute Gasteiger partial charge is 0.348 e. The Balaban J connectivity index is 1.55. The molecule has 0 unspecified atom stereocenters. The number of pyridine rings is 1. The normalized spacial score (nSPS) is 26.9. The molecule has 2 aromatic heterocycles. The third-order valence-corrected chi connectivity index (χ3v) is 4.61. The van der Waals surface area contributed by atoms with Gasteiger partial charge in [0.05, 0.1) is 5.56 Å². The first-order valence-corrected chi connectivity index (χ1v) is 7.32.